The minimum atomic E-state index is 0.786. The Balaban J connectivity index is 1.57. The topological polar surface area (TPSA) is 32.3 Å². The van der Waals surface area contributed by atoms with Crippen LogP contribution in [0.5, 0.6) is 0 Å². The predicted molar refractivity (Wildman–Crippen MR) is 87.9 cm³/mol. The molecule has 0 radical (unpaired) electrons. The molecule has 20 heavy (non-hydrogen) atoms. The molecule has 0 amide bonds. The van der Waals surface area contributed by atoms with E-state index in [4.69, 9.17) is 0 Å². The predicted octanol–water partition coefficient (Wildman–Crippen LogP) is 2.22. The van der Waals surface area contributed by atoms with Gasteiger partial charge in [0.05, 0.1) is 0 Å². The zero-order valence-electron chi connectivity index (χ0n) is 12.0. The van der Waals surface area contributed by atoms with Crippen LogP contribution >= 0.6 is 23.5 Å². The average Bonchev–Trinajstić information content (AvgIpc) is 2.56. The molecule has 0 atom stereocenters. The monoisotopic (exact) mass is 310 g/mol. The number of hydrogen-bond donors (Lipinski definition) is 0. The molecule has 3 heterocycles. The molecule has 0 unspecified atom stereocenters. The Labute approximate surface area is 129 Å². The Hall–Kier alpha value is -0.460. The lowest BCUT2D eigenvalue weighted by molar-refractivity contribution is 0.185. The quantitative estimate of drug-likeness (QED) is 0.629. The number of rotatable bonds is 3. The smallest absolute Gasteiger partial charge is 0.189 e. The van der Waals surface area contributed by atoms with Crippen LogP contribution in [0, 0.1) is 0 Å². The Kier molecular flexibility index (Phi) is 5.07. The first-order valence-electron chi connectivity index (χ1n) is 7.30. The molecule has 6 heteroatoms. The summed E-state index contributed by atoms with van der Waals surface area (Å²) < 4.78 is 0. The van der Waals surface area contributed by atoms with Gasteiger partial charge in [0.2, 0.25) is 0 Å². The summed E-state index contributed by atoms with van der Waals surface area (Å²) in [6.45, 7) is 4.80. The fraction of sp³-hybridized carbons (Fsp3) is 0.714. The van der Waals surface area contributed by atoms with E-state index in [1.165, 1.54) is 37.4 Å². The molecule has 3 rings (SSSR count). The zero-order chi connectivity index (χ0) is 13.8. The maximum atomic E-state index is 4.61. The third-order valence-corrected chi connectivity index (χ3v) is 5.66. The third-order valence-electron chi connectivity index (χ3n) is 4.15. The van der Waals surface area contributed by atoms with E-state index in [0.717, 1.165) is 30.1 Å². The maximum Gasteiger partial charge on any atom is 0.189 e. The lowest BCUT2D eigenvalue weighted by Gasteiger charge is -2.40. The lowest BCUT2D eigenvalue weighted by Crippen LogP contribution is -2.48. The van der Waals surface area contributed by atoms with Crippen LogP contribution in [-0.4, -0.2) is 64.9 Å². The summed E-state index contributed by atoms with van der Waals surface area (Å²) in [5.74, 6) is 3.71. The summed E-state index contributed by atoms with van der Waals surface area (Å²) in [6.07, 6.45) is 6.44. The van der Waals surface area contributed by atoms with Crippen LogP contribution in [0.2, 0.25) is 0 Å². The average molecular weight is 310 g/mol. The third kappa shape index (κ3) is 3.40. The summed E-state index contributed by atoms with van der Waals surface area (Å²) >= 11 is 3.70. The molecular weight excluding hydrogens is 288 g/mol. The molecule has 2 aliphatic rings. The van der Waals surface area contributed by atoms with E-state index in [1.807, 2.05) is 18.5 Å². The Morgan fingerprint density at radius 3 is 2.65 bits per heavy atom. The van der Waals surface area contributed by atoms with Crippen molar-refractivity contribution in [2.45, 2.75) is 24.0 Å². The highest BCUT2D eigenvalue weighted by molar-refractivity contribution is 7.99. The fourth-order valence-electron chi connectivity index (χ4n) is 3.01. The highest BCUT2D eigenvalue weighted by Crippen LogP contribution is 2.24. The van der Waals surface area contributed by atoms with Crippen molar-refractivity contribution in [1.82, 2.24) is 14.9 Å². The van der Waals surface area contributed by atoms with Crippen LogP contribution in [0.15, 0.2) is 17.4 Å². The van der Waals surface area contributed by atoms with E-state index in [0.29, 0.717) is 0 Å². The van der Waals surface area contributed by atoms with E-state index in [2.05, 4.69) is 31.5 Å². The van der Waals surface area contributed by atoms with Crippen LogP contribution < -0.4 is 4.90 Å². The van der Waals surface area contributed by atoms with Gasteiger partial charge in [-0.15, -0.1) is 0 Å². The van der Waals surface area contributed by atoms with Gasteiger partial charge in [-0.1, -0.05) is 11.8 Å². The first-order chi connectivity index (χ1) is 9.86. The summed E-state index contributed by atoms with van der Waals surface area (Å²) in [6, 6.07) is 2.83. The van der Waals surface area contributed by atoms with Gasteiger partial charge < -0.3 is 4.90 Å². The van der Waals surface area contributed by atoms with Gasteiger partial charge in [0.25, 0.3) is 0 Å². The molecule has 2 aliphatic heterocycles. The van der Waals surface area contributed by atoms with Crippen molar-refractivity contribution in [2.75, 3.05) is 48.8 Å². The van der Waals surface area contributed by atoms with E-state index in [1.54, 1.807) is 11.8 Å². The van der Waals surface area contributed by atoms with Gasteiger partial charge in [0.1, 0.15) is 5.82 Å². The molecule has 0 saturated carbocycles. The summed E-state index contributed by atoms with van der Waals surface area (Å²) in [5.41, 5.74) is 0. The summed E-state index contributed by atoms with van der Waals surface area (Å²) in [4.78, 5) is 14.0. The van der Waals surface area contributed by atoms with Crippen LogP contribution in [0.4, 0.5) is 5.82 Å². The molecule has 4 nitrogen and oxygen atoms in total. The first kappa shape index (κ1) is 14.5. The van der Waals surface area contributed by atoms with Gasteiger partial charge in [-0.25, -0.2) is 9.97 Å². The van der Waals surface area contributed by atoms with Crippen molar-refractivity contribution < 1.29 is 0 Å². The first-order valence-corrected chi connectivity index (χ1v) is 9.68. The summed E-state index contributed by atoms with van der Waals surface area (Å²) in [7, 11) is 0. The van der Waals surface area contributed by atoms with Gasteiger partial charge >= 0.3 is 0 Å². The molecule has 0 N–H and O–H groups in total. The Bertz CT molecular complexity index is 429. The number of nitrogens with zero attached hydrogens (tertiary/aromatic N) is 4. The second-order valence-corrected chi connectivity index (χ2v) is 7.27. The van der Waals surface area contributed by atoms with Crippen molar-refractivity contribution >= 4 is 29.3 Å². The van der Waals surface area contributed by atoms with Crippen molar-refractivity contribution in [3.8, 4) is 0 Å². The van der Waals surface area contributed by atoms with Gasteiger partial charge in [-0.3, -0.25) is 4.90 Å². The molecule has 110 valence electrons. The molecule has 2 saturated heterocycles. The number of anilines is 1. The highest BCUT2D eigenvalue weighted by atomic mass is 32.2. The molecule has 0 aromatic carbocycles. The number of piperidine rings is 1. The van der Waals surface area contributed by atoms with Gasteiger partial charge in [-0.05, 0) is 25.2 Å². The zero-order valence-corrected chi connectivity index (χ0v) is 13.6. The van der Waals surface area contributed by atoms with E-state index >= 15 is 0 Å². The largest absolute Gasteiger partial charge is 0.356 e. The fourth-order valence-corrected chi connectivity index (χ4v) is 4.29. The number of aromatic nitrogens is 2. The van der Waals surface area contributed by atoms with E-state index in [9.17, 15) is 0 Å². The maximum absolute atomic E-state index is 4.61. The molecule has 0 aliphatic carbocycles. The van der Waals surface area contributed by atoms with E-state index in [-0.39, 0.29) is 0 Å². The Morgan fingerprint density at radius 1 is 1.20 bits per heavy atom. The lowest BCUT2D eigenvalue weighted by atomic mass is 10.0. The molecule has 1 aromatic rings. The normalized spacial score (nSPS) is 22.1. The molecule has 0 bridgehead atoms. The number of thioether (sulfide) groups is 2. The van der Waals surface area contributed by atoms with Crippen LogP contribution in [0.25, 0.3) is 0 Å². The molecule has 1 aromatic heterocycles. The minimum Gasteiger partial charge on any atom is -0.356 e. The van der Waals surface area contributed by atoms with E-state index < -0.39 is 0 Å². The highest BCUT2D eigenvalue weighted by Gasteiger charge is 2.26. The van der Waals surface area contributed by atoms with Gasteiger partial charge in [0, 0.05) is 49.9 Å². The summed E-state index contributed by atoms with van der Waals surface area (Å²) in [5, 5.41) is 0.873. The standard InChI is InChI=1S/C14H22N4S2/c1-19-14-15-5-2-13(16-14)18-6-3-12(4-7-18)17-8-10-20-11-9-17/h2,5,12H,3-4,6-11H2,1H3. The van der Waals surface area contributed by atoms with Crippen molar-refractivity contribution in [1.29, 1.82) is 0 Å². The second kappa shape index (κ2) is 7.00. The van der Waals surface area contributed by atoms with Crippen molar-refractivity contribution in [3.05, 3.63) is 12.3 Å². The van der Waals surface area contributed by atoms with Crippen molar-refractivity contribution in [2.24, 2.45) is 0 Å². The van der Waals surface area contributed by atoms with Crippen LogP contribution in [0.3, 0.4) is 0 Å². The minimum absolute atomic E-state index is 0.786. The number of hydrogen-bond acceptors (Lipinski definition) is 6. The van der Waals surface area contributed by atoms with Gasteiger partial charge in [0.15, 0.2) is 5.16 Å². The Morgan fingerprint density at radius 2 is 1.95 bits per heavy atom. The van der Waals surface area contributed by atoms with Crippen molar-refractivity contribution in [3.63, 3.8) is 0 Å². The van der Waals surface area contributed by atoms with Crippen LogP contribution in [-0.2, 0) is 0 Å². The second-order valence-electron chi connectivity index (χ2n) is 5.27. The van der Waals surface area contributed by atoms with Gasteiger partial charge in [-0.2, -0.15) is 11.8 Å². The molecule has 0 spiro atoms. The SMILES string of the molecule is CSc1nccc(N2CCC(N3CCSCC3)CC2)n1. The molecule has 2 fully saturated rings. The van der Waals surface area contributed by atoms with Crippen LogP contribution in [0.1, 0.15) is 12.8 Å². The molecular formula is C14H22N4S2.